The van der Waals surface area contributed by atoms with Gasteiger partial charge in [0.25, 0.3) is 0 Å². The number of aryl methyl sites for hydroxylation is 2. The van der Waals surface area contributed by atoms with Crippen molar-refractivity contribution in [2.45, 2.75) is 59.6 Å². The van der Waals surface area contributed by atoms with Crippen LogP contribution in [-0.2, 0) is 10.3 Å². The van der Waals surface area contributed by atoms with Gasteiger partial charge in [0, 0.05) is 40.8 Å². The van der Waals surface area contributed by atoms with E-state index in [1.54, 1.807) is 0 Å². The summed E-state index contributed by atoms with van der Waals surface area (Å²) in [5, 5.41) is 4.03. The van der Waals surface area contributed by atoms with Gasteiger partial charge in [-0.25, -0.2) is 9.78 Å². The lowest BCUT2D eigenvalue weighted by atomic mass is 9.88. The molecule has 4 heterocycles. The van der Waals surface area contributed by atoms with Gasteiger partial charge in [0.15, 0.2) is 0 Å². The van der Waals surface area contributed by atoms with Gasteiger partial charge in [-0.05, 0) is 101 Å². The molecule has 0 radical (unpaired) electrons. The summed E-state index contributed by atoms with van der Waals surface area (Å²) >= 11 is 0. The van der Waals surface area contributed by atoms with Gasteiger partial charge in [0.1, 0.15) is 11.2 Å². The summed E-state index contributed by atoms with van der Waals surface area (Å²) in [6, 6.07) is 18.5. The molecule has 1 amide bonds. The number of nitrogens with one attached hydrogen (secondary N) is 2. The molecule has 0 aliphatic heterocycles. The lowest BCUT2D eigenvalue weighted by Crippen LogP contribution is -2.44. The minimum absolute atomic E-state index is 0.438. The summed E-state index contributed by atoms with van der Waals surface area (Å²) in [5.41, 5.74) is 8.37. The number of benzene rings is 1. The van der Waals surface area contributed by atoms with Gasteiger partial charge in [0.05, 0.1) is 16.9 Å². The number of hydrogen-bond donors (Lipinski definition) is 2. The summed E-state index contributed by atoms with van der Waals surface area (Å²) in [4.78, 5) is 29.8. The van der Waals surface area contributed by atoms with Crippen LogP contribution in [0.4, 0.5) is 4.79 Å². The van der Waals surface area contributed by atoms with E-state index in [1.165, 1.54) is 0 Å². The molecule has 1 aromatic carbocycles. The molecule has 0 aliphatic carbocycles. The van der Waals surface area contributed by atoms with Crippen molar-refractivity contribution in [2.75, 3.05) is 0 Å². The third-order valence-electron chi connectivity index (χ3n) is 6.78. The average Bonchev–Trinajstić information content (AvgIpc) is 3.35. The molecule has 0 saturated carbocycles. The maximum atomic E-state index is 12.5. The van der Waals surface area contributed by atoms with E-state index in [1.807, 2.05) is 84.4 Å². The van der Waals surface area contributed by atoms with Crippen LogP contribution in [0.5, 0.6) is 0 Å². The number of alkyl carbamates (subject to hydrolysis) is 1. The molecule has 0 unspecified atom stereocenters. The van der Waals surface area contributed by atoms with E-state index in [9.17, 15) is 4.79 Å². The van der Waals surface area contributed by atoms with Crippen LogP contribution < -0.4 is 5.32 Å². The molecule has 0 bridgehead atoms. The number of amides is 1. The highest BCUT2D eigenvalue weighted by Gasteiger charge is 2.27. The number of pyridine rings is 3. The highest BCUT2D eigenvalue weighted by Crippen LogP contribution is 2.34. The van der Waals surface area contributed by atoms with Crippen LogP contribution in [0.15, 0.2) is 73.2 Å². The Bertz CT molecular complexity index is 1710. The number of aromatic amines is 1. The maximum Gasteiger partial charge on any atom is 0.408 e. The van der Waals surface area contributed by atoms with Crippen molar-refractivity contribution in [1.82, 2.24) is 25.3 Å². The smallest absolute Gasteiger partial charge is 0.408 e. The summed E-state index contributed by atoms with van der Waals surface area (Å²) in [5.74, 6) is 0. The third kappa shape index (κ3) is 5.73. The molecule has 0 fully saturated rings. The van der Waals surface area contributed by atoms with E-state index in [0.717, 1.165) is 61.5 Å². The second kappa shape index (κ2) is 10.2. The predicted molar refractivity (Wildman–Crippen MR) is 160 cm³/mol. The third-order valence-corrected chi connectivity index (χ3v) is 6.78. The summed E-state index contributed by atoms with van der Waals surface area (Å²) in [7, 11) is 0. The number of aromatic nitrogens is 4. The van der Waals surface area contributed by atoms with Gasteiger partial charge in [-0.1, -0.05) is 24.3 Å². The van der Waals surface area contributed by atoms with Crippen LogP contribution >= 0.6 is 0 Å². The molecular weight excluding hydrogens is 498 g/mol. The van der Waals surface area contributed by atoms with Crippen molar-refractivity contribution >= 4 is 17.1 Å². The monoisotopic (exact) mass is 533 g/mol. The Hall–Kier alpha value is -4.52. The molecule has 0 aliphatic rings. The number of fused-ring (bicyclic) bond motifs is 1. The molecule has 5 aromatic rings. The molecule has 40 heavy (non-hydrogen) atoms. The Morgan fingerprint density at radius 1 is 0.850 bits per heavy atom. The van der Waals surface area contributed by atoms with Gasteiger partial charge < -0.3 is 15.0 Å². The number of rotatable bonds is 5. The van der Waals surface area contributed by atoms with Crippen LogP contribution in [0, 0.1) is 13.8 Å². The lowest BCUT2D eigenvalue weighted by Gasteiger charge is -2.30. The number of ether oxygens (including phenoxy) is 1. The minimum atomic E-state index is -0.609. The van der Waals surface area contributed by atoms with Crippen molar-refractivity contribution < 1.29 is 9.53 Å². The molecule has 2 N–H and O–H groups in total. The minimum Gasteiger partial charge on any atom is -0.444 e. The van der Waals surface area contributed by atoms with E-state index in [4.69, 9.17) is 9.72 Å². The van der Waals surface area contributed by atoms with Crippen LogP contribution in [0.2, 0.25) is 0 Å². The molecule has 0 saturated heterocycles. The fraction of sp³-hybridized carbons (Fsp3) is 0.273. The van der Waals surface area contributed by atoms with E-state index in [-0.39, 0.29) is 0 Å². The number of carbonyl (C=O) groups is 1. The summed E-state index contributed by atoms with van der Waals surface area (Å²) in [6.45, 7) is 13.6. The molecule has 5 rings (SSSR count). The Labute approximate surface area is 235 Å². The molecule has 4 aromatic heterocycles. The molecule has 7 heteroatoms. The van der Waals surface area contributed by atoms with E-state index >= 15 is 0 Å². The normalized spacial score (nSPS) is 12.0. The second-order valence-corrected chi connectivity index (χ2v) is 11.7. The SMILES string of the molecule is Cc1cccc(-c2cc(-c3cncc(-c4ccc(C(C)(C)NC(=O)OC(C)(C)C)c(C)c4)c3)c3cc[nH]c3n2)n1. The molecule has 204 valence electrons. The number of carbonyl (C=O) groups excluding carboxylic acids is 1. The Morgan fingerprint density at radius 3 is 2.35 bits per heavy atom. The fourth-order valence-electron chi connectivity index (χ4n) is 5.01. The summed E-state index contributed by atoms with van der Waals surface area (Å²) in [6.07, 6.45) is 5.22. The first-order valence-corrected chi connectivity index (χ1v) is 13.4. The van der Waals surface area contributed by atoms with Crippen molar-refractivity contribution in [3.05, 3.63) is 90.0 Å². The quantitative estimate of drug-likeness (QED) is 0.241. The summed E-state index contributed by atoms with van der Waals surface area (Å²) < 4.78 is 5.48. The van der Waals surface area contributed by atoms with Gasteiger partial charge >= 0.3 is 6.09 Å². The van der Waals surface area contributed by atoms with Gasteiger partial charge in [-0.15, -0.1) is 0 Å². The van der Waals surface area contributed by atoms with Gasteiger partial charge in [-0.2, -0.15) is 0 Å². The number of nitrogens with zero attached hydrogens (tertiary/aromatic N) is 3. The standard InChI is InChI=1S/C33H35N5O2/c1-20-15-22(11-12-27(20)33(6,7)38-31(39)40-32(3,4)5)23-16-24(19-34-18-23)26-17-29(28-10-8-9-21(2)36-28)37-30-25(26)13-14-35-30/h8-19H,1-7H3,(H,35,37)(H,38,39). The van der Waals surface area contributed by atoms with Crippen LogP contribution in [0.25, 0.3) is 44.7 Å². The zero-order chi connectivity index (χ0) is 28.7. The largest absolute Gasteiger partial charge is 0.444 e. The van der Waals surface area contributed by atoms with E-state index in [0.29, 0.717) is 0 Å². The van der Waals surface area contributed by atoms with E-state index in [2.05, 4.69) is 57.5 Å². The number of hydrogen-bond acceptors (Lipinski definition) is 5. The van der Waals surface area contributed by atoms with Crippen molar-refractivity contribution in [1.29, 1.82) is 0 Å². The Morgan fingerprint density at radius 2 is 1.62 bits per heavy atom. The molecular formula is C33H35N5O2. The number of H-pyrrole nitrogens is 1. The zero-order valence-corrected chi connectivity index (χ0v) is 24.1. The van der Waals surface area contributed by atoms with Crippen molar-refractivity contribution in [3.8, 4) is 33.6 Å². The maximum absolute atomic E-state index is 12.5. The second-order valence-electron chi connectivity index (χ2n) is 11.7. The first-order valence-electron chi connectivity index (χ1n) is 13.4. The lowest BCUT2D eigenvalue weighted by molar-refractivity contribution is 0.0470. The van der Waals surface area contributed by atoms with Gasteiger partial charge in [0.2, 0.25) is 0 Å². The molecule has 0 atom stereocenters. The highest BCUT2D eigenvalue weighted by molar-refractivity contribution is 5.95. The topological polar surface area (TPSA) is 92.8 Å². The highest BCUT2D eigenvalue weighted by atomic mass is 16.6. The van der Waals surface area contributed by atoms with Crippen LogP contribution in [0.3, 0.4) is 0 Å². The zero-order valence-electron chi connectivity index (χ0n) is 24.1. The fourth-order valence-corrected chi connectivity index (χ4v) is 5.01. The molecule has 0 spiro atoms. The van der Waals surface area contributed by atoms with Crippen LogP contribution in [-0.4, -0.2) is 31.6 Å². The Kier molecular flexibility index (Phi) is 6.92. The predicted octanol–water partition coefficient (Wildman–Crippen LogP) is 7.73. The van der Waals surface area contributed by atoms with Gasteiger partial charge in [-0.3, -0.25) is 9.97 Å². The van der Waals surface area contributed by atoms with Crippen LogP contribution in [0.1, 0.15) is 51.4 Å². The van der Waals surface area contributed by atoms with E-state index < -0.39 is 17.2 Å². The average molecular weight is 534 g/mol. The van der Waals surface area contributed by atoms with Crippen molar-refractivity contribution in [2.24, 2.45) is 0 Å². The molecule has 7 nitrogen and oxygen atoms in total. The first-order chi connectivity index (χ1) is 18.9. The Balaban J connectivity index is 1.49. The first kappa shape index (κ1) is 27.1. The van der Waals surface area contributed by atoms with Crippen molar-refractivity contribution in [3.63, 3.8) is 0 Å².